The first-order valence-corrected chi connectivity index (χ1v) is 3.20. The fourth-order valence-electron chi connectivity index (χ4n) is 0.455. The fourth-order valence-corrected chi connectivity index (χ4v) is 1.08. The van der Waals surface area contributed by atoms with Crippen LogP contribution in [0.2, 0.25) is 0 Å². The zero-order valence-electron chi connectivity index (χ0n) is 4.39. The molecule has 1 saturated heterocycles. The second-order valence-corrected chi connectivity index (χ2v) is 2.31. The van der Waals surface area contributed by atoms with Crippen LogP contribution < -0.4 is 0 Å². The highest BCUT2D eigenvalue weighted by molar-refractivity contribution is 7.26. The van der Waals surface area contributed by atoms with Crippen molar-refractivity contribution < 1.29 is 9.05 Å². The van der Waals surface area contributed by atoms with E-state index in [1.165, 1.54) is 0 Å². The van der Waals surface area contributed by atoms with Gasteiger partial charge in [-0.15, -0.1) is 6.42 Å². The van der Waals surface area contributed by atoms with E-state index in [0.29, 0.717) is 13.2 Å². The van der Waals surface area contributed by atoms with Crippen LogP contribution in [0.15, 0.2) is 0 Å². The van der Waals surface area contributed by atoms with Crippen LogP contribution >= 0.6 is 9.03 Å². The normalized spacial score (nSPS) is 32.1. The van der Waals surface area contributed by atoms with Crippen molar-refractivity contribution in [3.8, 4) is 12.3 Å². The highest BCUT2D eigenvalue weighted by Gasteiger charge is 2.10. The topological polar surface area (TPSA) is 18.5 Å². The number of hydrogen-bond acceptors (Lipinski definition) is 2. The van der Waals surface area contributed by atoms with E-state index in [9.17, 15) is 0 Å². The third-order valence-electron chi connectivity index (χ3n) is 0.923. The van der Waals surface area contributed by atoms with Crippen LogP contribution in [0.4, 0.5) is 0 Å². The molecule has 1 aliphatic rings. The van der Waals surface area contributed by atoms with Gasteiger partial charge in [-0.3, -0.25) is 0 Å². The maximum absolute atomic E-state index is 5.10. The van der Waals surface area contributed by atoms with Crippen LogP contribution in [0.1, 0.15) is 0 Å². The van der Waals surface area contributed by atoms with Crippen LogP contribution in [0.3, 0.4) is 0 Å². The van der Waals surface area contributed by atoms with Crippen molar-refractivity contribution in [1.29, 1.82) is 0 Å². The molecule has 0 saturated carbocycles. The molecule has 0 atom stereocenters. The molecule has 0 bridgehead atoms. The minimum Gasteiger partial charge on any atom is -0.335 e. The quantitative estimate of drug-likeness (QED) is 0.356. The van der Waals surface area contributed by atoms with Gasteiger partial charge in [0.05, 0.1) is 19.1 Å². The molecule has 0 unspecified atom stereocenters. The van der Waals surface area contributed by atoms with Gasteiger partial charge in [-0.1, -0.05) is 5.92 Å². The Labute approximate surface area is 50.5 Å². The van der Waals surface area contributed by atoms with Gasteiger partial charge in [-0.25, -0.2) is 0 Å². The van der Waals surface area contributed by atoms with Crippen molar-refractivity contribution in [2.24, 2.45) is 5.92 Å². The van der Waals surface area contributed by atoms with Crippen molar-refractivity contribution >= 4 is 9.03 Å². The van der Waals surface area contributed by atoms with E-state index in [0.717, 1.165) is 0 Å². The Morgan fingerprint density at radius 3 is 2.50 bits per heavy atom. The molecule has 0 N–H and O–H groups in total. The molecule has 1 rings (SSSR count). The predicted octanol–water partition coefficient (Wildman–Crippen LogP) is 0.791. The van der Waals surface area contributed by atoms with E-state index >= 15 is 0 Å². The van der Waals surface area contributed by atoms with Crippen molar-refractivity contribution in [2.45, 2.75) is 0 Å². The lowest BCUT2D eigenvalue weighted by molar-refractivity contribution is 0.162. The molecule has 0 aromatic carbocycles. The molecule has 0 aromatic heterocycles. The van der Waals surface area contributed by atoms with E-state index in [4.69, 9.17) is 15.5 Å². The van der Waals surface area contributed by atoms with Gasteiger partial charge < -0.3 is 9.05 Å². The molecular weight excluding hydrogens is 123 g/mol. The van der Waals surface area contributed by atoms with Crippen molar-refractivity contribution in [3.63, 3.8) is 0 Å². The van der Waals surface area contributed by atoms with Crippen molar-refractivity contribution in [2.75, 3.05) is 13.2 Å². The SMILES string of the molecule is C#CC1COPOC1. The summed E-state index contributed by atoms with van der Waals surface area (Å²) in [4.78, 5) is 0. The fraction of sp³-hybridized carbons (Fsp3) is 0.600. The van der Waals surface area contributed by atoms with E-state index < -0.39 is 0 Å². The average molecular weight is 130 g/mol. The first kappa shape index (κ1) is 6.04. The van der Waals surface area contributed by atoms with Gasteiger partial charge in [0.25, 0.3) is 0 Å². The summed E-state index contributed by atoms with van der Waals surface area (Å²) >= 11 is 0. The Morgan fingerprint density at radius 1 is 1.50 bits per heavy atom. The maximum atomic E-state index is 5.10. The predicted molar refractivity (Wildman–Crippen MR) is 32.5 cm³/mol. The second kappa shape index (κ2) is 3.04. The number of rotatable bonds is 0. The van der Waals surface area contributed by atoms with Crippen LogP contribution in [0.5, 0.6) is 0 Å². The summed E-state index contributed by atoms with van der Waals surface area (Å²) in [7, 11) is 0.195. The van der Waals surface area contributed by atoms with Gasteiger partial charge in [0.15, 0.2) is 9.03 Å². The Kier molecular flexibility index (Phi) is 2.29. The smallest absolute Gasteiger partial charge is 0.155 e. The molecule has 1 heterocycles. The van der Waals surface area contributed by atoms with Crippen molar-refractivity contribution in [1.82, 2.24) is 0 Å². The summed E-state index contributed by atoms with van der Waals surface area (Å²) in [5.74, 6) is 2.74. The molecule has 1 fully saturated rings. The Bertz CT molecular complexity index is 101. The molecule has 1 aliphatic heterocycles. The summed E-state index contributed by atoms with van der Waals surface area (Å²) < 4.78 is 9.87. The molecule has 2 nitrogen and oxygen atoms in total. The van der Waals surface area contributed by atoms with Gasteiger partial charge >= 0.3 is 0 Å². The monoisotopic (exact) mass is 130 g/mol. The van der Waals surface area contributed by atoms with Gasteiger partial charge in [-0.2, -0.15) is 0 Å². The molecule has 44 valence electrons. The number of hydrogen-bond donors (Lipinski definition) is 0. The summed E-state index contributed by atoms with van der Waals surface area (Å²) in [5.41, 5.74) is 0. The molecule has 8 heavy (non-hydrogen) atoms. The summed E-state index contributed by atoms with van der Waals surface area (Å²) in [6.45, 7) is 1.32. The van der Waals surface area contributed by atoms with Crippen LogP contribution in [0, 0.1) is 18.3 Å². The minimum atomic E-state index is 0.177. The number of terminal acetylenes is 1. The van der Waals surface area contributed by atoms with Crippen LogP contribution in [0.25, 0.3) is 0 Å². The summed E-state index contributed by atoms with van der Waals surface area (Å²) in [6.07, 6.45) is 5.10. The largest absolute Gasteiger partial charge is 0.335 e. The Hall–Kier alpha value is -0.0900. The second-order valence-electron chi connectivity index (χ2n) is 1.57. The first-order valence-electron chi connectivity index (χ1n) is 2.38. The Balaban J connectivity index is 2.25. The van der Waals surface area contributed by atoms with E-state index in [1.54, 1.807) is 0 Å². The van der Waals surface area contributed by atoms with Gasteiger partial charge in [0.2, 0.25) is 0 Å². The molecule has 0 aliphatic carbocycles. The molecular formula is C5H7O2P. The summed E-state index contributed by atoms with van der Waals surface area (Å²) in [6, 6.07) is 0. The third-order valence-corrected chi connectivity index (χ3v) is 1.49. The van der Waals surface area contributed by atoms with E-state index in [1.807, 2.05) is 0 Å². The van der Waals surface area contributed by atoms with Crippen LogP contribution in [-0.2, 0) is 9.05 Å². The highest BCUT2D eigenvalue weighted by Crippen LogP contribution is 2.21. The zero-order chi connectivity index (χ0) is 5.82. The van der Waals surface area contributed by atoms with Gasteiger partial charge in [-0.05, 0) is 0 Å². The Morgan fingerprint density at radius 2 is 2.12 bits per heavy atom. The van der Waals surface area contributed by atoms with E-state index in [2.05, 4.69) is 5.92 Å². The third kappa shape index (κ3) is 1.45. The zero-order valence-corrected chi connectivity index (χ0v) is 5.39. The molecule has 3 heteroatoms. The molecule has 0 aromatic rings. The minimum absolute atomic E-state index is 0.177. The summed E-state index contributed by atoms with van der Waals surface area (Å²) in [5, 5.41) is 0. The first-order chi connectivity index (χ1) is 3.93. The molecule has 0 radical (unpaired) electrons. The average Bonchev–Trinajstić information content (AvgIpc) is 1.90. The van der Waals surface area contributed by atoms with Gasteiger partial charge in [0.1, 0.15) is 0 Å². The van der Waals surface area contributed by atoms with E-state index in [-0.39, 0.29) is 15.0 Å². The lowest BCUT2D eigenvalue weighted by Crippen LogP contribution is -2.14. The van der Waals surface area contributed by atoms with Gasteiger partial charge in [0, 0.05) is 0 Å². The lowest BCUT2D eigenvalue weighted by Gasteiger charge is -2.16. The molecule has 0 amide bonds. The lowest BCUT2D eigenvalue weighted by atomic mass is 10.2. The van der Waals surface area contributed by atoms with Crippen LogP contribution in [-0.4, -0.2) is 13.2 Å². The molecule has 0 spiro atoms. The maximum Gasteiger partial charge on any atom is 0.155 e. The standard InChI is InChI=1S/C5H7O2P/c1-2-5-3-6-8-7-4-5/h1,5,8H,3-4H2. The van der Waals surface area contributed by atoms with Crippen molar-refractivity contribution in [3.05, 3.63) is 0 Å². The highest BCUT2D eigenvalue weighted by atomic mass is 31.1.